The molecule has 0 fully saturated rings. The molecule has 0 aliphatic carbocycles. The molecule has 0 spiro atoms. The molecule has 0 aliphatic rings. The summed E-state index contributed by atoms with van der Waals surface area (Å²) in [6.07, 6.45) is 0. The second-order valence-electron chi connectivity index (χ2n) is 2.21. The molecule has 0 radical (unpaired) electrons. The summed E-state index contributed by atoms with van der Waals surface area (Å²) in [6, 6.07) is 7.64. The molecule has 1 rings (SSSR count). The first-order chi connectivity index (χ1) is 6.02. The van der Waals surface area contributed by atoms with Crippen LogP contribution in [0.3, 0.4) is 0 Å². The fourth-order valence-corrected chi connectivity index (χ4v) is 1.10. The van der Waals surface area contributed by atoms with Crippen LogP contribution in [0, 0.1) is 0 Å². The molecule has 14 heavy (non-hydrogen) atoms. The van der Waals surface area contributed by atoms with E-state index >= 15 is 0 Å². The molecule has 6 heteroatoms. The van der Waals surface area contributed by atoms with E-state index in [1.54, 1.807) is 18.2 Å². The van der Waals surface area contributed by atoms with Crippen molar-refractivity contribution in [2.75, 3.05) is 0 Å². The van der Waals surface area contributed by atoms with Crippen LogP contribution in [0.4, 0.5) is 4.39 Å². The second kappa shape index (κ2) is 5.50. The van der Waals surface area contributed by atoms with E-state index in [9.17, 15) is 12.8 Å². The molecular formula is C8H8FNaO3S. The fourth-order valence-electron chi connectivity index (χ4n) is 0.648. The Morgan fingerprint density at radius 2 is 1.86 bits per heavy atom. The average molecular weight is 226 g/mol. The van der Waals surface area contributed by atoms with Crippen LogP contribution in [-0.4, -0.2) is 8.42 Å². The van der Waals surface area contributed by atoms with E-state index in [0.717, 1.165) is 0 Å². The maximum absolute atomic E-state index is 12.3. The van der Waals surface area contributed by atoms with Crippen LogP contribution in [0.1, 0.15) is 1.43 Å². The summed E-state index contributed by atoms with van der Waals surface area (Å²) in [5.41, 5.74) is 0. The van der Waals surface area contributed by atoms with E-state index in [1.807, 2.05) is 0 Å². The van der Waals surface area contributed by atoms with Gasteiger partial charge in [-0.25, -0.2) is 0 Å². The minimum Gasteiger partial charge on any atom is -1.00 e. The smallest absolute Gasteiger partial charge is 1.00 e. The average Bonchev–Trinajstić information content (AvgIpc) is 2.05. The first-order valence-corrected chi connectivity index (χ1v) is 4.77. The Hall–Kier alpha value is -0.360. The molecular weight excluding hydrogens is 218 g/mol. The molecule has 1 aromatic rings. The summed E-state index contributed by atoms with van der Waals surface area (Å²) < 4.78 is 38.2. The quantitative estimate of drug-likeness (QED) is 0.488. The topological polar surface area (TPSA) is 43.4 Å². The Kier molecular flexibility index (Phi) is 5.36. The third-order valence-corrected chi connectivity index (χ3v) is 2.17. The van der Waals surface area contributed by atoms with Gasteiger partial charge in [0, 0.05) is 0 Å². The summed E-state index contributed by atoms with van der Waals surface area (Å²) in [5.74, 6) is 0.0568. The predicted octanol–water partition coefficient (Wildman–Crippen LogP) is -1.05. The van der Waals surface area contributed by atoms with Crippen LogP contribution >= 0.6 is 0 Å². The van der Waals surface area contributed by atoms with Gasteiger partial charge >= 0.3 is 39.7 Å². The molecule has 0 aliphatic heterocycles. The van der Waals surface area contributed by atoms with Gasteiger partial charge in [0.15, 0.2) is 0 Å². The van der Waals surface area contributed by atoms with Crippen molar-refractivity contribution in [3.63, 3.8) is 0 Å². The van der Waals surface area contributed by atoms with E-state index in [-0.39, 0.29) is 36.7 Å². The van der Waals surface area contributed by atoms with Gasteiger partial charge in [-0.1, -0.05) is 18.2 Å². The van der Waals surface area contributed by atoms with Crippen molar-refractivity contribution in [2.45, 2.75) is 0 Å². The number of rotatable bonds is 3. The molecule has 0 saturated carbocycles. The van der Waals surface area contributed by atoms with Crippen molar-refractivity contribution >= 4 is 10.1 Å². The number of benzene rings is 1. The zero-order valence-corrected chi connectivity index (χ0v) is 10.4. The van der Waals surface area contributed by atoms with Gasteiger partial charge in [0.2, 0.25) is 5.16 Å². The van der Waals surface area contributed by atoms with Crippen molar-refractivity contribution < 1.29 is 48.0 Å². The van der Waals surface area contributed by atoms with Crippen molar-refractivity contribution in [2.24, 2.45) is 0 Å². The number of hydrogen-bond acceptors (Lipinski definition) is 3. The first kappa shape index (κ1) is 13.6. The monoisotopic (exact) mass is 226 g/mol. The maximum Gasteiger partial charge on any atom is 1.00 e. The fraction of sp³-hybridized carbons (Fsp3) is 0. The third kappa shape index (κ3) is 3.79. The van der Waals surface area contributed by atoms with Gasteiger partial charge in [-0.15, -0.1) is 0 Å². The standard InChI is InChI=1S/C8H7FO3S.Na.H/c1-7(9)13(10,11)12-8-5-3-2-4-6-8;;/h2-6H,1H2;;/q;+1;-1. The summed E-state index contributed by atoms with van der Waals surface area (Å²) in [4.78, 5) is 0. The van der Waals surface area contributed by atoms with Gasteiger partial charge < -0.3 is 5.61 Å². The third-order valence-electron chi connectivity index (χ3n) is 1.22. The minimum atomic E-state index is -4.31. The minimum absolute atomic E-state index is 0. The van der Waals surface area contributed by atoms with Crippen molar-refractivity contribution in [1.82, 2.24) is 0 Å². The van der Waals surface area contributed by atoms with E-state index in [0.29, 0.717) is 0 Å². The van der Waals surface area contributed by atoms with Crippen LogP contribution < -0.4 is 33.7 Å². The number of hydrogen-bond donors (Lipinski definition) is 0. The van der Waals surface area contributed by atoms with Gasteiger partial charge in [-0.3, -0.25) is 0 Å². The SMILES string of the molecule is C=C(F)S(=O)(=O)Oc1ccccc1.[H-].[Na+]. The number of halogens is 1. The molecule has 0 unspecified atom stereocenters. The van der Waals surface area contributed by atoms with E-state index in [4.69, 9.17) is 0 Å². The molecule has 0 saturated heterocycles. The summed E-state index contributed by atoms with van der Waals surface area (Å²) in [6.45, 7) is 2.64. The number of para-hydroxylation sites is 1. The Bertz CT molecular complexity index is 407. The maximum atomic E-state index is 12.3. The van der Waals surface area contributed by atoms with Crippen LogP contribution in [0.5, 0.6) is 5.75 Å². The van der Waals surface area contributed by atoms with Gasteiger partial charge in [-0.2, -0.15) is 12.8 Å². The van der Waals surface area contributed by atoms with E-state index in [1.165, 1.54) is 12.1 Å². The van der Waals surface area contributed by atoms with Crippen molar-refractivity contribution in [3.8, 4) is 5.75 Å². The molecule has 0 aromatic heterocycles. The van der Waals surface area contributed by atoms with E-state index < -0.39 is 15.3 Å². The molecule has 0 atom stereocenters. The van der Waals surface area contributed by atoms with Crippen LogP contribution in [0.15, 0.2) is 42.1 Å². The van der Waals surface area contributed by atoms with Gasteiger partial charge in [0.1, 0.15) is 5.75 Å². The molecule has 0 amide bonds. The van der Waals surface area contributed by atoms with Crippen molar-refractivity contribution in [1.29, 1.82) is 0 Å². The zero-order valence-electron chi connectivity index (χ0n) is 8.60. The van der Waals surface area contributed by atoms with Gasteiger partial charge in [-0.05, 0) is 18.7 Å². The summed E-state index contributed by atoms with van der Waals surface area (Å²) in [5, 5.41) is -1.50. The van der Waals surface area contributed by atoms with Gasteiger partial charge in [0.05, 0.1) is 0 Å². The largest absolute Gasteiger partial charge is 1.00 e. The Morgan fingerprint density at radius 1 is 1.36 bits per heavy atom. The van der Waals surface area contributed by atoms with Crippen LogP contribution in [0.25, 0.3) is 0 Å². The molecule has 1 aromatic carbocycles. The Morgan fingerprint density at radius 3 is 2.29 bits per heavy atom. The normalized spacial score (nSPS) is 10.1. The Balaban J connectivity index is 0. The van der Waals surface area contributed by atoms with Gasteiger partial charge in [0.25, 0.3) is 0 Å². The molecule has 0 heterocycles. The van der Waals surface area contributed by atoms with Crippen LogP contribution in [0.2, 0.25) is 0 Å². The van der Waals surface area contributed by atoms with E-state index in [2.05, 4.69) is 10.8 Å². The molecule has 72 valence electrons. The van der Waals surface area contributed by atoms with Crippen molar-refractivity contribution in [3.05, 3.63) is 42.1 Å². The molecule has 0 bridgehead atoms. The summed E-state index contributed by atoms with van der Waals surface area (Å²) in [7, 11) is -4.31. The summed E-state index contributed by atoms with van der Waals surface area (Å²) >= 11 is 0. The van der Waals surface area contributed by atoms with Crippen LogP contribution in [-0.2, 0) is 10.1 Å². The predicted molar refractivity (Wildman–Crippen MR) is 47.3 cm³/mol. The second-order valence-corrected chi connectivity index (χ2v) is 3.72. The Labute approximate surface area is 105 Å². The molecule has 0 N–H and O–H groups in total. The molecule has 3 nitrogen and oxygen atoms in total. The zero-order chi connectivity index (χ0) is 9.90. The first-order valence-electron chi connectivity index (χ1n) is 3.36.